The van der Waals surface area contributed by atoms with Crippen molar-refractivity contribution in [1.29, 1.82) is 0 Å². The summed E-state index contributed by atoms with van der Waals surface area (Å²) >= 11 is 18.6. The van der Waals surface area contributed by atoms with Crippen LogP contribution in [0.15, 0.2) is 18.2 Å². The van der Waals surface area contributed by atoms with Crippen LogP contribution in [0.3, 0.4) is 0 Å². The van der Waals surface area contributed by atoms with Crippen LogP contribution in [0.5, 0.6) is 0 Å². The Hall–Kier alpha value is 0.0500. The van der Waals surface area contributed by atoms with Gasteiger partial charge in [0.1, 0.15) is 0 Å². The van der Waals surface area contributed by atoms with Crippen LogP contribution in [0.2, 0.25) is 10.0 Å². The Bertz CT molecular complexity index is 415. The van der Waals surface area contributed by atoms with Gasteiger partial charge in [-0.2, -0.15) is 0 Å². The molecule has 1 N–H and O–H groups in total. The fraction of sp³-hybridized carbons (Fsp3) is 0.600. The van der Waals surface area contributed by atoms with Gasteiger partial charge in [-0.3, -0.25) is 0 Å². The Labute approximate surface area is 130 Å². The molecule has 1 aromatic carbocycles. The fourth-order valence-electron chi connectivity index (χ4n) is 2.97. The topological polar surface area (TPSA) is 12.0 Å². The molecule has 2 unspecified atom stereocenters. The van der Waals surface area contributed by atoms with E-state index in [0.29, 0.717) is 22.5 Å². The standard InChI is InChI=1S/C15H20Cl3N/c1-11-4-3-7-15(8-11,10-16)19-9-12-13(17)5-2-6-14(12)18/h2,5-6,11,19H,3-4,7-10H2,1H3. The predicted octanol–water partition coefficient (Wildman–Crippen LogP) is 5.27. The highest BCUT2D eigenvalue weighted by molar-refractivity contribution is 6.35. The molecule has 1 aromatic rings. The first kappa shape index (κ1) is 15.4. The number of hydrogen-bond acceptors (Lipinski definition) is 1. The van der Waals surface area contributed by atoms with Crippen LogP contribution in [0.1, 0.15) is 38.2 Å². The molecule has 1 nitrogen and oxygen atoms in total. The van der Waals surface area contributed by atoms with Crippen LogP contribution in [-0.4, -0.2) is 11.4 Å². The van der Waals surface area contributed by atoms with Gasteiger partial charge < -0.3 is 5.32 Å². The molecule has 1 aliphatic carbocycles. The lowest BCUT2D eigenvalue weighted by atomic mass is 9.77. The van der Waals surface area contributed by atoms with E-state index >= 15 is 0 Å². The zero-order valence-electron chi connectivity index (χ0n) is 11.2. The quantitative estimate of drug-likeness (QED) is 0.745. The Morgan fingerprint density at radius 2 is 2.00 bits per heavy atom. The van der Waals surface area contributed by atoms with Gasteiger partial charge in [-0.05, 0) is 30.9 Å². The third-order valence-corrected chi connectivity index (χ3v) is 5.27. The number of benzene rings is 1. The van der Waals surface area contributed by atoms with Gasteiger partial charge in [-0.25, -0.2) is 0 Å². The maximum absolute atomic E-state index is 6.22. The van der Waals surface area contributed by atoms with Crippen molar-refractivity contribution in [2.24, 2.45) is 5.92 Å². The number of alkyl halides is 1. The van der Waals surface area contributed by atoms with E-state index in [2.05, 4.69) is 12.2 Å². The average Bonchev–Trinajstić information content (AvgIpc) is 2.38. The highest BCUT2D eigenvalue weighted by Crippen LogP contribution is 2.34. The molecule has 0 bridgehead atoms. The monoisotopic (exact) mass is 319 g/mol. The zero-order chi connectivity index (χ0) is 13.9. The maximum Gasteiger partial charge on any atom is 0.0465 e. The first-order valence-electron chi connectivity index (χ1n) is 6.80. The van der Waals surface area contributed by atoms with E-state index in [-0.39, 0.29) is 5.54 Å². The normalized spacial score (nSPS) is 27.5. The molecule has 0 saturated heterocycles. The van der Waals surface area contributed by atoms with Crippen LogP contribution < -0.4 is 5.32 Å². The lowest BCUT2D eigenvalue weighted by Crippen LogP contribution is -2.49. The largest absolute Gasteiger partial charge is 0.306 e. The molecule has 2 rings (SSSR count). The van der Waals surface area contributed by atoms with Crippen LogP contribution in [0, 0.1) is 5.92 Å². The molecule has 19 heavy (non-hydrogen) atoms. The second-order valence-electron chi connectivity index (χ2n) is 5.67. The number of halogens is 3. The SMILES string of the molecule is CC1CCCC(CCl)(NCc2c(Cl)cccc2Cl)C1. The van der Waals surface area contributed by atoms with Crippen LogP contribution >= 0.6 is 34.8 Å². The van der Waals surface area contributed by atoms with Gasteiger partial charge >= 0.3 is 0 Å². The molecule has 0 aliphatic heterocycles. The summed E-state index contributed by atoms with van der Waals surface area (Å²) in [6, 6.07) is 5.62. The van der Waals surface area contributed by atoms with E-state index < -0.39 is 0 Å². The van der Waals surface area contributed by atoms with Gasteiger partial charge in [0.05, 0.1) is 0 Å². The number of rotatable bonds is 4. The maximum atomic E-state index is 6.22. The third kappa shape index (κ3) is 3.78. The molecule has 0 amide bonds. The van der Waals surface area contributed by atoms with E-state index in [9.17, 15) is 0 Å². The summed E-state index contributed by atoms with van der Waals surface area (Å²) in [6.07, 6.45) is 4.78. The van der Waals surface area contributed by atoms with E-state index in [1.165, 1.54) is 12.8 Å². The minimum atomic E-state index is 0.0295. The summed E-state index contributed by atoms with van der Waals surface area (Å²) in [7, 11) is 0. The molecule has 1 aliphatic rings. The smallest absolute Gasteiger partial charge is 0.0465 e. The Morgan fingerprint density at radius 3 is 2.58 bits per heavy atom. The van der Waals surface area contributed by atoms with Gasteiger partial charge in [0.2, 0.25) is 0 Å². The highest BCUT2D eigenvalue weighted by atomic mass is 35.5. The summed E-state index contributed by atoms with van der Waals surface area (Å²) in [4.78, 5) is 0. The van der Waals surface area contributed by atoms with E-state index in [1.54, 1.807) is 0 Å². The summed E-state index contributed by atoms with van der Waals surface area (Å²) in [5.74, 6) is 1.36. The molecule has 1 saturated carbocycles. The molecule has 0 radical (unpaired) electrons. The molecule has 0 aromatic heterocycles. The van der Waals surface area contributed by atoms with Crippen molar-refractivity contribution in [2.45, 2.75) is 44.7 Å². The van der Waals surface area contributed by atoms with Crippen LogP contribution in [0.4, 0.5) is 0 Å². The second kappa shape index (κ2) is 6.67. The first-order chi connectivity index (χ1) is 9.06. The van der Waals surface area contributed by atoms with Crippen molar-refractivity contribution < 1.29 is 0 Å². The van der Waals surface area contributed by atoms with Gasteiger partial charge in [0, 0.05) is 33.6 Å². The highest BCUT2D eigenvalue weighted by Gasteiger charge is 2.33. The summed E-state index contributed by atoms with van der Waals surface area (Å²) in [5, 5.41) is 5.04. The van der Waals surface area contributed by atoms with Crippen molar-refractivity contribution in [3.8, 4) is 0 Å². The van der Waals surface area contributed by atoms with Crippen molar-refractivity contribution in [3.05, 3.63) is 33.8 Å². The zero-order valence-corrected chi connectivity index (χ0v) is 13.5. The van der Waals surface area contributed by atoms with Crippen LogP contribution in [-0.2, 0) is 6.54 Å². The van der Waals surface area contributed by atoms with E-state index in [0.717, 1.165) is 24.3 Å². The van der Waals surface area contributed by atoms with Crippen molar-refractivity contribution in [3.63, 3.8) is 0 Å². The Morgan fingerprint density at radius 1 is 1.32 bits per heavy atom. The van der Waals surface area contributed by atoms with Gasteiger partial charge in [0.25, 0.3) is 0 Å². The van der Waals surface area contributed by atoms with E-state index in [4.69, 9.17) is 34.8 Å². The predicted molar refractivity (Wildman–Crippen MR) is 84.4 cm³/mol. The summed E-state index contributed by atoms with van der Waals surface area (Å²) in [6.45, 7) is 2.97. The van der Waals surface area contributed by atoms with Crippen molar-refractivity contribution in [2.75, 3.05) is 5.88 Å². The van der Waals surface area contributed by atoms with Gasteiger partial charge in [-0.1, -0.05) is 49.0 Å². The van der Waals surface area contributed by atoms with Gasteiger partial charge in [0.15, 0.2) is 0 Å². The summed E-state index contributed by atoms with van der Waals surface area (Å²) in [5.41, 5.74) is 0.996. The molecule has 0 heterocycles. The fourth-order valence-corrected chi connectivity index (χ4v) is 3.83. The second-order valence-corrected chi connectivity index (χ2v) is 6.75. The molecule has 106 valence electrons. The summed E-state index contributed by atoms with van der Waals surface area (Å²) < 4.78 is 0. The lowest BCUT2D eigenvalue weighted by molar-refractivity contribution is 0.207. The van der Waals surface area contributed by atoms with Crippen molar-refractivity contribution in [1.82, 2.24) is 5.32 Å². The van der Waals surface area contributed by atoms with Crippen LogP contribution in [0.25, 0.3) is 0 Å². The van der Waals surface area contributed by atoms with Crippen molar-refractivity contribution >= 4 is 34.8 Å². The third-order valence-electron chi connectivity index (χ3n) is 4.05. The molecular formula is C15H20Cl3N. The average molecular weight is 321 g/mol. The Kier molecular flexibility index (Phi) is 5.42. The molecule has 1 fully saturated rings. The molecular weight excluding hydrogens is 301 g/mol. The van der Waals surface area contributed by atoms with Gasteiger partial charge in [-0.15, -0.1) is 11.6 Å². The molecule has 2 atom stereocenters. The minimum absolute atomic E-state index is 0.0295. The number of hydrogen-bond donors (Lipinski definition) is 1. The number of nitrogens with one attached hydrogen (secondary N) is 1. The Balaban J connectivity index is 2.07. The molecule has 4 heteroatoms. The lowest BCUT2D eigenvalue weighted by Gasteiger charge is -2.39. The molecule has 0 spiro atoms. The first-order valence-corrected chi connectivity index (χ1v) is 8.09. The van der Waals surface area contributed by atoms with E-state index in [1.807, 2.05) is 18.2 Å². The minimum Gasteiger partial charge on any atom is -0.306 e.